The van der Waals surface area contributed by atoms with Gasteiger partial charge < -0.3 is 10.1 Å². The number of nitrogens with one attached hydrogen (secondary N) is 2. The van der Waals surface area contributed by atoms with Crippen LogP contribution in [0.25, 0.3) is 17.0 Å². The van der Waals surface area contributed by atoms with E-state index in [9.17, 15) is 18.0 Å². The molecule has 0 saturated carbocycles. The largest absolute Gasteiger partial charge is 0.379 e. The number of anilines is 1. The third kappa shape index (κ3) is 5.80. The van der Waals surface area contributed by atoms with Gasteiger partial charge in [0.25, 0.3) is 0 Å². The summed E-state index contributed by atoms with van der Waals surface area (Å²) >= 11 is 0. The van der Waals surface area contributed by atoms with E-state index in [4.69, 9.17) is 4.74 Å². The number of amides is 2. The molecule has 2 aromatic carbocycles. The minimum absolute atomic E-state index is 0.182. The molecule has 170 valence electrons. The molecule has 1 aliphatic rings. The zero-order valence-corrected chi connectivity index (χ0v) is 18.4. The van der Waals surface area contributed by atoms with E-state index in [0.717, 1.165) is 15.2 Å². The predicted octanol–water partition coefficient (Wildman–Crippen LogP) is 2.83. The van der Waals surface area contributed by atoms with E-state index in [0.29, 0.717) is 16.9 Å². The normalized spacial score (nSPS) is 14.9. The van der Waals surface area contributed by atoms with Crippen LogP contribution in [-0.2, 0) is 14.9 Å². The summed E-state index contributed by atoms with van der Waals surface area (Å²) in [6, 6.07) is 16.8. The number of ether oxygens (including phenoxy) is 1. The Morgan fingerprint density at radius 3 is 2.45 bits per heavy atom. The van der Waals surface area contributed by atoms with E-state index in [1.54, 1.807) is 18.2 Å². The van der Waals surface area contributed by atoms with E-state index < -0.39 is 16.2 Å². The molecule has 10 heteroatoms. The molecule has 2 amide bonds. The fourth-order valence-corrected chi connectivity index (χ4v) is 4.32. The second-order valence-electron chi connectivity index (χ2n) is 7.28. The number of aromatic nitrogens is 1. The lowest BCUT2D eigenvalue weighted by Crippen LogP contribution is -2.49. The zero-order valence-electron chi connectivity index (χ0n) is 17.6. The molecule has 4 rings (SSSR count). The fourth-order valence-electron chi connectivity index (χ4n) is 3.28. The van der Waals surface area contributed by atoms with E-state index in [1.807, 2.05) is 41.1 Å². The average molecular weight is 467 g/mol. The highest BCUT2D eigenvalue weighted by molar-refractivity contribution is 7.87. The van der Waals surface area contributed by atoms with Crippen molar-refractivity contribution in [3.8, 4) is 0 Å². The van der Waals surface area contributed by atoms with Crippen molar-refractivity contribution >= 4 is 44.7 Å². The molecule has 1 aromatic heterocycles. The number of hydrogen-bond donors (Lipinski definition) is 2. The van der Waals surface area contributed by atoms with Gasteiger partial charge in [-0.2, -0.15) is 12.7 Å². The number of urea groups is 1. The topological polar surface area (TPSA) is 118 Å². The fraction of sp³-hybridized carbons (Fsp3) is 0.174. The number of fused-ring (bicyclic) bond motifs is 1. The smallest absolute Gasteiger partial charge is 0.333 e. The van der Waals surface area contributed by atoms with Gasteiger partial charge in [0, 0.05) is 29.7 Å². The number of carbonyl (C=O) groups excluding carboxylic acids is 2. The SMILES string of the molecule is O=C(Nc1ccc(C(=O)/C=C/c2ccc3ccccc3n2)cc1)NS(=O)(=O)N1CCOCC1. The third-order valence-electron chi connectivity index (χ3n) is 4.98. The van der Waals surface area contributed by atoms with Crippen LogP contribution in [0.2, 0.25) is 0 Å². The van der Waals surface area contributed by atoms with Crippen molar-refractivity contribution in [2.75, 3.05) is 31.6 Å². The maximum atomic E-state index is 12.5. The number of benzene rings is 2. The Morgan fingerprint density at radius 2 is 1.70 bits per heavy atom. The molecule has 0 aliphatic carbocycles. The molecule has 1 saturated heterocycles. The summed E-state index contributed by atoms with van der Waals surface area (Å²) in [4.78, 5) is 29.1. The van der Waals surface area contributed by atoms with Gasteiger partial charge in [-0.3, -0.25) is 4.79 Å². The summed E-state index contributed by atoms with van der Waals surface area (Å²) in [6.45, 7) is 0.927. The van der Waals surface area contributed by atoms with Gasteiger partial charge in [-0.15, -0.1) is 0 Å². The zero-order chi connectivity index (χ0) is 23.3. The number of hydrogen-bond acceptors (Lipinski definition) is 6. The lowest BCUT2D eigenvalue weighted by Gasteiger charge is -2.25. The van der Waals surface area contributed by atoms with Gasteiger partial charge in [-0.05, 0) is 48.6 Å². The van der Waals surface area contributed by atoms with Crippen LogP contribution >= 0.6 is 0 Å². The predicted molar refractivity (Wildman–Crippen MR) is 125 cm³/mol. The Bertz CT molecular complexity index is 1300. The number of carbonyl (C=O) groups is 2. The lowest BCUT2D eigenvalue weighted by atomic mass is 10.1. The number of morpholine rings is 1. The monoisotopic (exact) mass is 466 g/mol. The number of ketones is 1. The lowest BCUT2D eigenvalue weighted by molar-refractivity contribution is 0.0726. The summed E-state index contributed by atoms with van der Waals surface area (Å²) in [5.41, 5.74) is 2.27. The van der Waals surface area contributed by atoms with Crippen LogP contribution in [0.1, 0.15) is 16.1 Å². The van der Waals surface area contributed by atoms with Crippen molar-refractivity contribution in [2.24, 2.45) is 0 Å². The highest BCUT2D eigenvalue weighted by atomic mass is 32.2. The summed E-state index contributed by atoms with van der Waals surface area (Å²) < 4.78 is 32.7. The van der Waals surface area contributed by atoms with Gasteiger partial charge >= 0.3 is 16.2 Å². The van der Waals surface area contributed by atoms with Crippen LogP contribution in [0, 0.1) is 0 Å². The van der Waals surface area contributed by atoms with Crippen LogP contribution in [0.3, 0.4) is 0 Å². The van der Waals surface area contributed by atoms with Gasteiger partial charge in [0.1, 0.15) is 0 Å². The summed E-state index contributed by atoms with van der Waals surface area (Å²) in [6.07, 6.45) is 3.08. The van der Waals surface area contributed by atoms with Crippen LogP contribution in [0.5, 0.6) is 0 Å². The molecule has 0 atom stereocenters. The molecule has 9 nitrogen and oxygen atoms in total. The maximum Gasteiger partial charge on any atom is 0.333 e. The number of para-hydroxylation sites is 1. The molecule has 1 aliphatic heterocycles. The van der Waals surface area contributed by atoms with Crippen molar-refractivity contribution in [2.45, 2.75) is 0 Å². The van der Waals surface area contributed by atoms with Gasteiger partial charge in [0.05, 0.1) is 24.4 Å². The Kier molecular flexibility index (Phi) is 6.78. The molecule has 2 N–H and O–H groups in total. The summed E-state index contributed by atoms with van der Waals surface area (Å²) in [5.74, 6) is -0.226. The Labute approximate surface area is 191 Å². The second kappa shape index (κ2) is 9.90. The first-order chi connectivity index (χ1) is 15.9. The van der Waals surface area contributed by atoms with Crippen molar-refractivity contribution in [3.63, 3.8) is 0 Å². The summed E-state index contributed by atoms with van der Waals surface area (Å²) in [7, 11) is -3.95. The molecule has 2 heterocycles. The standard InChI is InChI=1S/C23H22N4O5S/c28-22(12-11-19-8-5-17-3-1-2-4-21(17)24-19)18-6-9-20(10-7-18)25-23(29)26-33(30,31)27-13-15-32-16-14-27/h1-12H,13-16H2,(H2,25,26,29)/b12-11+. The van der Waals surface area contributed by atoms with E-state index in [1.165, 1.54) is 18.2 Å². The van der Waals surface area contributed by atoms with Crippen LogP contribution < -0.4 is 10.0 Å². The average Bonchev–Trinajstić information content (AvgIpc) is 2.83. The molecule has 33 heavy (non-hydrogen) atoms. The molecule has 0 bridgehead atoms. The van der Waals surface area contributed by atoms with E-state index in [2.05, 4.69) is 10.3 Å². The van der Waals surface area contributed by atoms with Crippen LogP contribution in [-0.4, -0.2) is 55.8 Å². The highest BCUT2D eigenvalue weighted by Crippen LogP contribution is 2.14. The number of allylic oxidation sites excluding steroid dienone is 1. The van der Waals surface area contributed by atoms with Crippen LogP contribution in [0.4, 0.5) is 10.5 Å². The van der Waals surface area contributed by atoms with E-state index >= 15 is 0 Å². The molecule has 3 aromatic rings. The first-order valence-corrected chi connectivity index (χ1v) is 11.7. The Hall–Kier alpha value is -3.60. The number of rotatable bonds is 6. The Balaban J connectivity index is 1.35. The molecule has 0 spiro atoms. The quantitative estimate of drug-likeness (QED) is 0.426. The van der Waals surface area contributed by atoms with Crippen molar-refractivity contribution in [1.29, 1.82) is 0 Å². The molecule has 0 unspecified atom stereocenters. The van der Waals surface area contributed by atoms with Gasteiger partial charge in [-0.1, -0.05) is 24.3 Å². The van der Waals surface area contributed by atoms with Crippen molar-refractivity contribution in [1.82, 2.24) is 14.0 Å². The number of nitrogens with zero attached hydrogens (tertiary/aromatic N) is 2. The van der Waals surface area contributed by atoms with Gasteiger partial charge in [0.2, 0.25) is 0 Å². The maximum absolute atomic E-state index is 12.5. The number of pyridine rings is 1. The molecular weight excluding hydrogens is 444 g/mol. The molecule has 0 radical (unpaired) electrons. The minimum Gasteiger partial charge on any atom is -0.379 e. The minimum atomic E-state index is -3.95. The summed E-state index contributed by atoms with van der Waals surface area (Å²) in [5, 5.41) is 3.47. The van der Waals surface area contributed by atoms with Gasteiger partial charge in [-0.25, -0.2) is 14.5 Å². The first kappa shape index (κ1) is 22.6. The van der Waals surface area contributed by atoms with Crippen molar-refractivity contribution < 1.29 is 22.7 Å². The third-order valence-corrected chi connectivity index (χ3v) is 6.47. The second-order valence-corrected chi connectivity index (χ2v) is 8.95. The van der Waals surface area contributed by atoms with Crippen LogP contribution in [0.15, 0.2) is 66.7 Å². The molecular formula is C23H22N4O5S. The Morgan fingerprint density at radius 1 is 0.970 bits per heavy atom. The first-order valence-electron chi connectivity index (χ1n) is 10.3. The van der Waals surface area contributed by atoms with E-state index in [-0.39, 0.29) is 32.1 Å². The highest BCUT2D eigenvalue weighted by Gasteiger charge is 2.26. The molecule has 1 fully saturated rings. The van der Waals surface area contributed by atoms with Gasteiger partial charge in [0.15, 0.2) is 5.78 Å². The van der Waals surface area contributed by atoms with Crippen molar-refractivity contribution in [3.05, 3.63) is 78.0 Å².